The molecule has 0 radical (unpaired) electrons. The second-order valence-corrected chi connectivity index (χ2v) is 7.14. The predicted octanol–water partition coefficient (Wildman–Crippen LogP) is 3.97. The Balaban J connectivity index is 0.00000420. The van der Waals surface area contributed by atoms with Gasteiger partial charge in [0, 0.05) is 40.4 Å². The molecule has 1 fully saturated rings. The Morgan fingerprint density at radius 3 is 2.52 bits per heavy atom. The maximum atomic E-state index is 5.72. The molecule has 1 aromatic carbocycles. The van der Waals surface area contributed by atoms with Gasteiger partial charge in [0.15, 0.2) is 17.5 Å². The smallest absolute Gasteiger partial charge is 0.193 e. The lowest BCUT2D eigenvalue weighted by Crippen LogP contribution is -2.40. The molecule has 0 aliphatic carbocycles. The molecule has 2 rings (SSSR count). The third-order valence-corrected chi connectivity index (χ3v) is 5.09. The number of ether oxygens (including phenoxy) is 3. The van der Waals surface area contributed by atoms with Gasteiger partial charge in [0.25, 0.3) is 0 Å². The molecule has 7 heteroatoms. The van der Waals surface area contributed by atoms with Crippen LogP contribution >= 0.6 is 24.0 Å². The van der Waals surface area contributed by atoms with Crippen molar-refractivity contribution in [3.05, 3.63) is 23.8 Å². The van der Waals surface area contributed by atoms with Gasteiger partial charge in [-0.05, 0) is 63.1 Å². The minimum absolute atomic E-state index is 0. The van der Waals surface area contributed by atoms with E-state index in [2.05, 4.69) is 34.4 Å². The van der Waals surface area contributed by atoms with Crippen LogP contribution in [0, 0.1) is 5.92 Å². The average molecular weight is 519 g/mol. The van der Waals surface area contributed by atoms with E-state index >= 15 is 0 Å². The van der Waals surface area contributed by atoms with Crippen molar-refractivity contribution in [2.45, 2.75) is 39.5 Å². The topological polar surface area (TPSA) is 55.3 Å². The Morgan fingerprint density at radius 1 is 1.17 bits per heavy atom. The Labute approximate surface area is 193 Å². The molecule has 29 heavy (non-hydrogen) atoms. The number of nitrogens with one attached hydrogen (secondary N) is 1. The number of nitrogens with zero attached hydrogens (tertiary/aromatic N) is 2. The molecule has 0 amide bonds. The minimum atomic E-state index is 0. The largest absolute Gasteiger partial charge is 0.490 e. The van der Waals surface area contributed by atoms with Crippen LogP contribution in [0.1, 0.15) is 38.7 Å². The third kappa shape index (κ3) is 8.99. The Morgan fingerprint density at radius 2 is 1.86 bits per heavy atom. The molecule has 1 N–H and O–H groups in total. The highest BCUT2D eigenvalue weighted by Crippen LogP contribution is 2.28. The lowest BCUT2D eigenvalue weighted by atomic mass is 9.96. The molecule has 0 atom stereocenters. The molecule has 0 unspecified atom stereocenters. The number of benzene rings is 1. The van der Waals surface area contributed by atoms with Crippen LogP contribution in [-0.4, -0.2) is 64.5 Å². The first-order valence-electron chi connectivity index (χ1n) is 10.6. The number of rotatable bonds is 10. The fraction of sp³-hybridized carbons (Fsp3) is 0.682. The van der Waals surface area contributed by atoms with Gasteiger partial charge in [-0.1, -0.05) is 6.07 Å². The molecule has 1 aromatic rings. The van der Waals surface area contributed by atoms with E-state index in [4.69, 9.17) is 14.2 Å². The van der Waals surface area contributed by atoms with Crippen molar-refractivity contribution in [3.63, 3.8) is 0 Å². The summed E-state index contributed by atoms with van der Waals surface area (Å²) in [6.07, 6.45) is 4.45. The fourth-order valence-corrected chi connectivity index (χ4v) is 3.47. The van der Waals surface area contributed by atoms with E-state index in [0.717, 1.165) is 56.1 Å². The predicted molar refractivity (Wildman–Crippen MR) is 130 cm³/mol. The Kier molecular flexibility index (Phi) is 13.1. The van der Waals surface area contributed by atoms with Crippen molar-refractivity contribution in [3.8, 4) is 11.5 Å². The summed E-state index contributed by atoms with van der Waals surface area (Å²) in [5.74, 6) is 3.35. The van der Waals surface area contributed by atoms with Crippen molar-refractivity contribution in [1.29, 1.82) is 0 Å². The van der Waals surface area contributed by atoms with Crippen LogP contribution in [0.25, 0.3) is 0 Å². The molecule has 0 aromatic heterocycles. The lowest BCUT2D eigenvalue weighted by Gasteiger charge is -2.26. The van der Waals surface area contributed by atoms with Crippen LogP contribution in [0.15, 0.2) is 23.2 Å². The first-order valence-corrected chi connectivity index (χ1v) is 10.6. The maximum Gasteiger partial charge on any atom is 0.193 e. The molecule has 1 aliphatic rings. The summed E-state index contributed by atoms with van der Waals surface area (Å²) >= 11 is 0. The molecule has 166 valence electrons. The maximum absolute atomic E-state index is 5.72. The number of hydrogen-bond donors (Lipinski definition) is 1. The van der Waals surface area contributed by atoms with Gasteiger partial charge in [0.2, 0.25) is 0 Å². The zero-order valence-corrected chi connectivity index (χ0v) is 20.7. The van der Waals surface area contributed by atoms with Gasteiger partial charge in [-0.25, -0.2) is 0 Å². The summed E-state index contributed by atoms with van der Waals surface area (Å²) in [4.78, 5) is 6.65. The van der Waals surface area contributed by atoms with E-state index in [1.807, 2.05) is 27.0 Å². The van der Waals surface area contributed by atoms with Gasteiger partial charge in [-0.3, -0.25) is 4.99 Å². The van der Waals surface area contributed by atoms with E-state index in [9.17, 15) is 0 Å². The van der Waals surface area contributed by atoms with Crippen LogP contribution in [0.5, 0.6) is 11.5 Å². The normalized spacial score (nSPS) is 14.8. The molecule has 0 spiro atoms. The van der Waals surface area contributed by atoms with Crippen LogP contribution in [0.4, 0.5) is 0 Å². The Bertz CT molecular complexity index is 607. The zero-order valence-electron chi connectivity index (χ0n) is 18.4. The van der Waals surface area contributed by atoms with Crippen molar-refractivity contribution < 1.29 is 14.2 Å². The van der Waals surface area contributed by atoms with Crippen molar-refractivity contribution >= 4 is 29.9 Å². The van der Waals surface area contributed by atoms with E-state index in [-0.39, 0.29) is 24.0 Å². The molecule has 1 saturated heterocycles. The van der Waals surface area contributed by atoms with Gasteiger partial charge in [0.1, 0.15) is 0 Å². The van der Waals surface area contributed by atoms with Gasteiger partial charge in [0.05, 0.1) is 13.2 Å². The van der Waals surface area contributed by atoms with Crippen LogP contribution in [0.3, 0.4) is 0 Å². The number of guanidine groups is 1. The highest BCUT2D eigenvalue weighted by molar-refractivity contribution is 14.0. The van der Waals surface area contributed by atoms with E-state index < -0.39 is 0 Å². The van der Waals surface area contributed by atoms with Gasteiger partial charge >= 0.3 is 0 Å². The molecule has 0 bridgehead atoms. The summed E-state index contributed by atoms with van der Waals surface area (Å²) in [7, 11) is 3.95. The summed E-state index contributed by atoms with van der Waals surface area (Å²) < 4.78 is 16.8. The van der Waals surface area contributed by atoms with Crippen molar-refractivity contribution in [2.24, 2.45) is 10.9 Å². The molecule has 1 heterocycles. The molecule has 0 saturated carbocycles. The second-order valence-electron chi connectivity index (χ2n) is 7.14. The lowest BCUT2D eigenvalue weighted by molar-refractivity contribution is 0.0625. The highest BCUT2D eigenvalue weighted by Gasteiger charge is 2.15. The highest BCUT2D eigenvalue weighted by atomic mass is 127. The van der Waals surface area contributed by atoms with Crippen LogP contribution in [0.2, 0.25) is 0 Å². The summed E-state index contributed by atoms with van der Waals surface area (Å²) in [6.45, 7) is 8.90. The minimum Gasteiger partial charge on any atom is -0.490 e. The second kappa shape index (κ2) is 14.7. The standard InChI is InChI=1S/C22H37N3O3.HI/c1-5-27-20-8-7-19(17-21(20)28-6-2)9-13-24-22(23-3)25(4)14-10-18-11-15-26-16-12-18;/h7-8,17-18H,5-6,9-16H2,1-4H3,(H,23,24);1H. The van der Waals surface area contributed by atoms with Crippen LogP contribution < -0.4 is 14.8 Å². The SMILES string of the molecule is CCOc1ccc(CCNC(=NC)N(C)CCC2CCOCC2)cc1OCC.I. The van der Waals surface area contributed by atoms with Gasteiger partial charge in [-0.15, -0.1) is 24.0 Å². The van der Waals surface area contributed by atoms with E-state index in [1.165, 1.54) is 24.8 Å². The summed E-state index contributed by atoms with van der Waals surface area (Å²) in [5.41, 5.74) is 1.22. The first kappa shape index (κ1) is 25.8. The van der Waals surface area contributed by atoms with E-state index in [1.54, 1.807) is 0 Å². The van der Waals surface area contributed by atoms with Crippen molar-refractivity contribution in [2.75, 3.05) is 53.6 Å². The number of halogens is 1. The number of hydrogen-bond acceptors (Lipinski definition) is 4. The Hall–Kier alpha value is -1.22. The van der Waals surface area contributed by atoms with Crippen LogP contribution in [-0.2, 0) is 11.2 Å². The average Bonchev–Trinajstić information content (AvgIpc) is 2.72. The third-order valence-electron chi connectivity index (χ3n) is 5.09. The molecule has 1 aliphatic heterocycles. The summed E-state index contributed by atoms with van der Waals surface area (Å²) in [6, 6.07) is 6.18. The monoisotopic (exact) mass is 519 g/mol. The van der Waals surface area contributed by atoms with Gasteiger partial charge in [-0.2, -0.15) is 0 Å². The molecular weight excluding hydrogens is 481 g/mol. The summed E-state index contributed by atoms with van der Waals surface area (Å²) in [5, 5.41) is 3.48. The van der Waals surface area contributed by atoms with Gasteiger partial charge < -0.3 is 24.4 Å². The molecule has 6 nitrogen and oxygen atoms in total. The zero-order chi connectivity index (χ0) is 20.2. The quantitative estimate of drug-likeness (QED) is 0.288. The van der Waals surface area contributed by atoms with E-state index in [0.29, 0.717) is 13.2 Å². The number of aliphatic imine (C=N–C) groups is 1. The molecular formula is C22H38IN3O3. The van der Waals surface area contributed by atoms with Crippen molar-refractivity contribution in [1.82, 2.24) is 10.2 Å². The first-order chi connectivity index (χ1) is 13.7. The fourth-order valence-electron chi connectivity index (χ4n) is 3.47.